The number of aromatic nitrogens is 1. The molecule has 19 heavy (non-hydrogen) atoms. The van der Waals surface area contributed by atoms with Crippen molar-refractivity contribution in [3.05, 3.63) is 46.7 Å². The number of amides is 1. The molecule has 0 bridgehead atoms. The van der Waals surface area contributed by atoms with Crippen LogP contribution in [-0.4, -0.2) is 10.9 Å². The summed E-state index contributed by atoms with van der Waals surface area (Å²) in [5.74, 6) is 1.03. The van der Waals surface area contributed by atoms with Gasteiger partial charge in [-0.05, 0) is 32.9 Å². The van der Waals surface area contributed by atoms with E-state index < -0.39 is 0 Å². The quantitative estimate of drug-likeness (QED) is 0.827. The molecule has 1 amide bonds. The third-order valence-electron chi connectivity index (χ3n) is 2.93. The van der Waals surface area contributed by atoms with E-state index in [4.69, 9.17) is 10.2 Å². The van der Waals surface area contributed by atoms with Gasteiger partial charge in [-0.15, -0.1) is 0 Å². The number of nitrogens with one attached hydrogen (secondary N) is 1. The van der Waals surface area contributed by atoms with Gasteiger partial charge < -0.3 is 15.5 Å². The summed E-state index contributed by atoms with van der Waals surface area (Å²) >= 11 is 0. The summed E-state index contributed by atoms with van der Waals surface area (Å²) in [6.45, 7) is 5.87. The molecular formula is C14H17N3O2. The van der Waals surface area contributed by atoms with Crippen LogP contribution in [-0.2, 0) is 6.54 Å². The lowest BCUT2D eigenvalue weighted by Gasteiger charge is -2.06. The van der Waals surface area contributed by atoms with Crippen molar-refractivity contribution < 1.29 is 9.21 Å². The predicted octanol–water partition coefficient (Wildman–Crippen LogP) is 2.11. The molecule has 3 N–H and O–H groups in total. The molecule has 0 aliphatic heterocycles. The Hall–Kier alpha value is -2.30. The lowest BCUT2D eigenvalue weighted by molar-refractivity contribution is 0.0948. The SMILES string of the molecule is Cc1ccc(N)c(C(=O)NCc2nc(C)c(C)o2)c1. The van der Waals surface area contributed by atoms with Gasteiger partial charge in [-0.1, -0.05) is 11.6 Å². The van der Waals surface area contributed by atoms with E-state index in [1.54, 1.807) is 12.1 Å². The number of carbonyl (C=O) groups excluding carboxylic acids is 1. The van der Waals surface area contributed by atoms with Crippen LogP contribution in [0, 0.1) is 20.8 Å². The first kappa shape index (κ1) is 13.1. The van der Waals surface area contributed by atoms with Gasteiger partial charge in [0.1, 0.15) is 5.76 Å². The van der Waals surface area contributed by atoms with E-state index in [2.05, 4.69) is 10.3 Å². The molecule has 1 heterocycles. The second kappa shape index (κ2) is 5.14. The number of nitrogens with zero attached hydrogens (tertiary/aromatic N) is 1. The average molecular weight is 259 g/mol. The van der Waals surface area contributed by atoms with E-state index in [-0.39, 0.29) is 12.5 Å². The van der Waals surface area contributed by atoms with Crippen molar-refractivity contribution in [3.8, 4) is 0 Å². The van der Waals surface area contributed by atoms with E-state index in [1.165, 1.54) is 0 Å². The summed E-state index contributed by atoms with van der Waals surface area (Å²) in [6.07, 6.45) is 0. The molecule has 0 fully saturated rings. The Labute approximate surface area is 111 Å². The Kier molecular flexibility index (Phi) is 3.55. The van der Waals surface area contributed by atoms with Gasteiger partial charge in [0.2, 0.25) is 5.89 Å². The van der Waals surface area contributed by atoms with Gasteiger partial charge in [0.25, 0.3) is 5.91 Å². The molecule has 5 nitrogen and oxygen atoms in total. The molecule has 5 heteroatoms. The highest BCUT2D eigenvalue weighted by Crippen LogP contribution is 2.14. The average Bonchev–Trinajstić information content (AvgIpc) is 2.69. The zero-order valence-corrected chi connectivity index (χ0v) is 11.3. The van der Waals surface area contributed by atoms with Crippen molar-refractivity contribution >= 4 is 11.6 Å². The molecule has 1 aromatic heterocycles. The second-order valence-electron chi connectivity index (χ2n) is 4.52. The minimum Gasteiger partial charge on any atom is -0.444 e. The Morgan fingerprint density at radius 3 is 2.74 bits per heavy atom. The molecule has 100 valence electrons. The summed E-state index contributed by atoms with van der Waals surface area (Å²) in [7, 11) is 0. The fourth-order valence-corrected chi connectivity index (χ4v) is 1.73. The molecule has 2 rings (SSSR count). The van der Waals surface area contributed by atoms with E-state index >= 15 is 0 Å². The Bertz CT molecular complexity index is 598. The first-order chi connectivity index (χ1) is 8.97. The number of rotatable bonds is 3. The number of hydrogen-bond donors (Lipinski definition) is 2. The number of nitrogen functional groups attached to an aromatic ring is 1. The van der Waals surface area contributed by atoms with Crippen molar-refractivity contribution in [2.45, 2.75) is 27.3 Å². The molecule has 0 spiro atoms. The van der Waals surface area contributed by atoms with Crippen LogP contribution in [0.5, 0.6) is 0 Å². The number of anilines is 1. The van der Waals surface area contributed by atoms with Crippen LogP contribution in [0.15, 0.2) is 22.6 Å². The standard InChI is InChI=1S/C14H17N3O2/c1-8-4-5-12(15)11(6-8)14(18)16-7-13-17-9(2)10(3)19-13/h4-6H,7,15H2,1-3H3,(H,16,18). The smallest absolute Gasteiger partial charge is 0.253 e. The van der Waals surface area contributed by atoms with Crippen LogP contribution in [0.3, 0.4) is 0 Å². The minimum atomic E-state index is -0.227. The zero-order chi connectivity index (χ0) is 14.0. The van der Waals surface area contributed by atoms with Crippen molar-refractivity contribution in [2.75, 3.05) is 5.73 Å². The monoisotopic (exact) mass is 259 g/mol. The third kappa shape index (κ3) is 2.93. The maximum absolute atomic E-state index is 12.0. The Morgan fingerprint density at radius 2 is 2.11 bits per heavy atom. The number of benzene rings is 1. The van der Waals surface area contributed by atoms with Crippen molar-refractivity contribution in [3.63, 3.8) is 0 Å². The van der Waals surface area contributed by atoms with E-state index in [0.717, 1.165) is 17.0 Å². The molecule has 0 aliphatic rings. The first-order valence-corrected chi connectivity index (χ1v) is 6.04. The lowest BCUT2D eigenvalue weighted by atomic mass is 10.1. The number of hydrogen-bond acceptors (Lipinski definition) is 4. The summed E-state index contributed by atoms with van der Waals surface area (Å²) < 4.78 is 5.40. The first-order valence-electron chi connectivity index (χ1n) is 6.04. The number of aryl methyl sites for hydroxylation is 3. The highest BCUT2D eigenvalue weighted by Gasteiger charge is 2.11. The molecule has 0 atom stereocenters. The van der Waals surface area contributed by atoms with Crippen LogP contribution >= 0.6 is 0 Å². The number of oxazole rings is 1. The van der Waals surface area contributed by atoms with Crippen LogP contribution in [0.25, 0.3) is 0 Å². The molecule has 0 aliphatic carbocycles. The van der Waals surface area contributed by atoms with Crippen molar-refractivity contribution in [1.29, 1.82) is 0 Å². The molecular weight excluding hydrogens is 242 g/mol. The summed E-state index contributed by atoms with van der Waals surface area (Å²) in [5, 5.41) is 2.75. The van der Waals surface area contributed by atoms with E-state index in [1.807, 2.05) is 26.8 Å². The Morgan fingerprint density at radius 1 is 1.37 bits per heavy atom. The number of carbonyl (C=O) groups is 1. The van der Waals surface area contributed by atoms with Crippen molar-refractivity contribution in [1.82, 2.24) is 10.3 Å². The lowest BCUT2D eigenvalue weighted by Crippen LogP contribution is -2.24. The van der Waals surface area contributed by atoms with E-state index in [0.29, 0.717) is 17.1 Å². The fourth-order valence-electron chi connectivity index (χ4n) is 1.73. The molecule has 2 aromatic rings. The van der Waals surface area contributed by atoms with E-state index in [9.17, 15) is 4.79 Å². The zero-order valence-electron chi connectivity index (χ0n) is 11.3. The number of nitrogens with two attached hydrogens (primary N) is 1. The van der Waals surface area contributed by atoms with Gasteiger partial charge in [-0.25, -0.2) is 4.98 Å². The summed E-state index contributed by atoms with van der Waals surface area (Å²) in [5.41, 5.74) is 8.54. The van der Waals surface area contributed by atoms with Gasteiger partial charge in [-0.3, -0.25) is 4.79 Å². The summed E-state index contributed by atoms with van der Waals surface area (Å²) in [6, 6.07) is 5.35. The van der Waals surface area contributed by atoms with Crippen LogP contribution in [0.2, 0.25) is 0 Å². The third-order valence-corrected chi connectivity index (χ3v) is 2.93. The highest BCUT2D eigenvalue weighted by atomic mass is 16.4. The normalized spacial score (nSPS) is 10.5. The molecule has 0 radical (unpaired) electrons. The largest absolute Gasteiger partial charge is 0.444 e. The second-order valence-corrected chi connectivity index (χ2v) is 4.52. The molecule has 1 aromatic carbocycles. The topological polar surface area (TPSA) is 81.2 Å². The maximum Gasteiger partial charge on any atom is 0.253 e. The predicted molar refractivity (Wildman–Crippen MR) is 72.7 cm³/mol. The Balaban J connectivity index is 2.07. The van der Waals surface area contributed by atoms with Crippen LogP contribution in [0.1, 0.15) is 33.3 Å². The van der Waals surface area contributed by atoms with Crippen LogP contribution in [0.4, 0.5) is 5.69 Å². The van der Waals surface area contributed by atoms with Crippen molar-refractivity contribution in [2.24, 2.45) is 0 Å². The minimum absolute atomic E-state index is 0.227. The molecule has 0 saturated carbocycles. The molecule has 0 saturated heterocycles. The van der Waals surface area contributed by atoms with Gasteiger partial charge in [0.15, 0.2) is 0 Å². The maximum atomic E-state index is 12.0. The summed E-state index contributed by atoms with van der Waals surface area (Å²) in [4.78, 5) is 16.2. The van der Waals surface area contributed by atoms with Gasteiger partial charge in [0, 0.05) is 5.69 Å². The fraction of sp³-hybridized carbons (Fsp3) is 0.286. The van der Waals surface area contributed by atoms with Gasteiger partial charge in [-0.2, -0.15) is 0 Å². The highest BCUT2D eigenvalue weighted by molar-refractivity contribution is 5.99. The van der Waals surface area contributed by atoms with Gasteiger partial charge in [0.05, 0.1) is 17.8 Å². The van der Waals surface area contributed by atoms with Gasteiger partial charge >= 0.3 is 0 Å². The van der Waals surface area contributed by atoms with Crippen LogP contribution < -0.4 is 11.1 Å². The molecule has 0 unspecified atom stereocenters.